The van der Waals surface area contributed by atoms with E-state index in [0.717, 1.165) is 16.3 Å². The summed E-state index contributed by atoms with van der Waals surface area (Å²) in [5.74, 6) is -0.627. The van der Waals surface area contributed by atoms with Gasteiger partial charge in [0, 0.05) is 0 Å². The quantitative estimate of drug-likeness (QED) is 0.535. The Morgan fingerprint density at radius 3 is 2.73 bits per heavy atom. The molecule has 0 fully saturated rings. The molecular formula is C21H19FN2O2. The highest BCUT2D eigenvalue weighted by Gasteiger charge is 2.10. The average Bonchev–Trinajstić information content (AvgIpc) is 2.65. The Morgan fingerprint density at radius 2 is 1.92 bits per heavy atom. The first-order valence-corrected chi connectivity index (χ1v) is 8.31. The third-order valence-corrected chi connectivity index (χ3v) is 3.97. The van der Waals surface area contributed by atoms with E-state index in [0.29, 0.717) is 5.56 Å². The molecule has 132 valence electrons. The molecule has 3 aromatic rings. The van der Waals surface area contributed by atoms with Crippen molar-refractivity contribution >= 4 is 22.9 Å². The maximum absolute atomic E-state index is 13.0. The van der Waals surface area contributed by atoms with E-state index in [1.54, 1.807) is 12.1 Å². The number of fused-ring (bicyclic) bond motifs is 1. The molecule has 0 aromatic heterocycles. The zero-order valence-corrected chi connectivity index (χ0v) is 14.4. The predicted octanol–water partition coefficient (Wildman–Crippen LogP) is 4.21. The summed E-state index contributed by atoms with van der Waals surface area (Å²) in [6.07, 6.45) is 1.36. The number of hydrogen-bond acceptors (Lipinski definition) is 3. The molecule has 26 heavy (non-hydrogen) atoms. The summed E-state index contributed by atoms with van der Waals surface area (Å²) in [6.45, 7) is 1.71. The maximum Gasteiger partial charge on any atom is 0.261 e. The first-order valence-electron chi connectivity index (χ1n) is 8.31. The summed E-state index contributed by atoms with van der Waals surface area (Å²) in [7, 11) is 0. The van der Waals surface area contributed by atoms with Crippen LogP contribution in [0.4, 0.5) is 4.39 Å². The van der Waals surface area contributed by atoms with E-state index in [1.165, 1.54) is 18.3 Å². The Labute approximate surface area is 151 Å². The number of oxime groups is 1. The molecule has 1 atom stereocenters. The number of amides is 1. The van der Waals surface area contributed by atoms with Crippen molar-refractivity contribution in [1.29, 1.82) is 0 Å². The highest BCUT2D eigenvalue weighted by molar-refractivity contribution is 5.83. The van der Waals surface area contributed by atoms with Crippen molar-refractivity contribution in [2.75, 3.05) is 6.61 Å². The number of carbonyl (C=O) groups is 1. The van der Waals surface area contributed by atoms with Gasteiger partial charge in [-0.2, -0.15) is 0 Å². The predicted molar refractivity (Wildman–Crippen MR) is 100 cm³/mol. The van der Waals surface area contributed by atoms with Crippen LogP contribution in [-0.4, -0.2) is 18.7 Å². The van der Waals surface area contributed by atoms with E-state index in [-0.39, 0.29) is 24.4 Å². The minimum atomic E-state index is -0.351. The van der Waals surface area contributed by atoms with E-state index in [9.17, 15) is 9.18 Å². The van der Waals surface area contributed by atoms with Crippen LogP contribution >= 0.6 is 0 Å². The van der Waals surface area contributed by atoms with Crippen molar-refractivity contribution in [1.82, 2.24) is 5.32 Å². The van der Waals surface area contributed by atoms with Crippen LogP contribution in [0.3, 0.4) is 0 Å². The first-order chi connectivity index (χ1) is 12.6. The number of nitrogens with zero attached hydrogens (tertiary/aromatic N) is 1. The second-order valence-electron chi connectivity index (χ2n) is 5.96. The number of nitrogens with one attached hydrogen (secondary N) is 1. The molecule has 0 saturated heterocycles. The summed E-state index contributed by atoms with van der Waals surface area (Å²) in [5, 5.41) is 8.85. The van der Waals surface area contributed by atoms with Crippen molar-refractivity contribution in [3.63, 3.8) is 0 Å². The summed E-state index contributed by atoms with van der Waals surface area (Å²) < 4.78 is 13.0. The summed E-state index contributed by atoms with van der Waals surface area (Å²) in [5.41, 5.74) is 1.58. The Balaban J connectivity index is 1.52. The molecule has 3 aromatic carbocycles. The number of halogens is 1. The van der Waals surface area contributed by atoms with Crippen LogP contribution in [0.1, 0.15) is 24.1 Å². The lowest BCUT2D eigenvalue weighted by Crippen LogP contribution is -2.29. The average molecular weight is 350 g/mol. The van der Waals surface area contributed by atoms with Gasteiger partial charge >= 0.3 is 0 Å². The zero-order valence-electron chi connectivity index (χ0n) is 14.4. The largest absolute Gasteiger partial charge is 0.386 e. The Bertz CT molecular complexity index is 940. The Kier molecular flexibility index (Phi) is 5.59. The Hall–Kier alpha value is -3.21. The number of carbonyl (C=O) groups excluding carboxylic acids is 1. The fourth-order valence-electron chi connectivity index (χ4n) is 2.62. The molecule has 0 saturated carbocycles. The number of rotatable bonds is 6. The molecule has 0 spiro atoms. The van der Waals surface area contributed by atoms with Crippen molar-refractivity contribution in [2.24, 2.45) is 5.16 Å². The molecule has 0 aliphatic rings. The molecule has 0 radical (unpaired) electrons. The smallest absolute Gasteiger partial charge is 0.261 e. The minimum absolute atomic E-state index is 0.150. The van der Waals surface area contributed by atoms with Gasteiger partial charge in [0.25, 0.3) is 5.91 Å². The van der Waals surface area contributed by atoms with Gasteiger partial charge < -0.3 is 10.2 Å². The van der Waals surface area contributed by atoms with Crippen LogP contribution in [0.15, 0.2) is 71.9 Å². The van der Waals surface area contributed by atoms with E-state index >= 15 is 0 Å². The molecule has 0 unspecified atom stereocenters. The highest BCUT2D eigenvalue weighted by Crippen LogP contribution is 2.20. The molecule has 1 N–H and O–H groups in total. The van der Waals surface area contributed by atoms with Gasteiger partial charge in [-0.1, -0.05) is 53.7 Å². The van der Waals surface area contributed by atoms with Gasteiger partial charge in [-0.05, 0) is 47.0 Å². The standard InChI is InChI=1S/C21H19FN2O2/c1-15(18-10-9-17-6-2-3-7-19(17)12-18)24-21(25)14-26-23-13-16-5-4-8-20(22)11-16/h2-13,15H,14H2,1H3,(H,24,25)/b23-13-/t15-/m1/s1. The second kappa shape index (κ2) is 8.25. The first kappa shape index (κ1) is 17.6. The van der Waals surface area contributed by atoms with Crippen LogP contribution < -0.4 is 5.32 Å². The molecule has 0 heterocycles. The molecular weight excluding hydrogens is 331 g/mol. The summed E-state index contributed by atoms with van der Waals surface area (Å²) in [6, 6.07) is 20.0. The lowest BCUT2D eigenvalue weighted by Gasteiger charge is -2.14. The molecule has 0 aliphatic carbocycles. The molecule has 3 rings (SSSR count). The van der Waals surface area contributed by atoms with Crippen LogP contribution in [0.5, 0.6) is 0 Å². The number of hydrogen-bond donors (Lipinski definition) is 1. The minimum Gasteiger partial charge on any atom is -0.386 e. The fourth-order valence-corrected chi connectivity index (χ4v) is 2.62. The van der Waals surface area contributed by atoms with Gasteiger partial charge in [-0.25, -0.2) is 4.39 Å². The lowest BCUT2D eigenvalue weighted by molar-refractivity contribution is -0.126. The molecule has 0 aliphatic heterocycles. The van der Waals surface area contributed by atoms with Gasteiger partial charge in [0.15, 0.2) is 6.61 Å². The van der Waals surface area contributed by atoms with Crippen molar-refractivity contribution in [2.45, 2.75) is 13.0 Å². The summed E-state index contributed by atoms with van der Waals surface area (Å²) >= 11 is 0. The topological polar surface area (TPSA) is 50.7 Å². The van der Waals surface area contributed by atoms with Crippen molar-refractivity contribution in [3.8, 4) is 0 Å². The maximum atomic E-state index is 13.0. The third-order valence-electron chi connectivity index (χ3n) is 3.97. The zero-order chi connectivity index (χ0) is 18.4. The van der Waals surface area contributed by atoms with Crippen LogP contribution in [0, 0.1) is 5.82 Å². The summed E-state index contributed by atoms with van der Waals surface area (Å²) in [4.78, 5) is 17.0. The van der Waals surface area contributed by atoms with Crippen LogP contribution in [-0.2, 0) is 9.63 Å². The van der Waals surface area contributed by atoms with Gasteiger partial charge in [0.2, 0.25) is 0 Å². The normalized spacial score (nSPS) is 12.2. The molecule has 0 bridgehead atoms. The van der Waals surface area contributed by atoms with E-state index < -0.39 is 0 Å². The van der Waals surface area contributed by atoms with Crippen LogP contribution in [0.2, 0.25) is 0 Å². The van der Waals surface area contributed by atoms with Gasteiger partial charge in [-0.15, -0.1) is 0 Å². The van der Waals surface area contributed by atoms with E-state index in [4.69, 9.17) is 4.84 Å². The van der Waals surface area contributed by atoms with E-state index in [1.807, 2.05) is 43.3 Å². The van der Waals surface area contributed by atoms with Crippen molar-refractivity contribution < 1.29 is 14.0 Å². The van der Waals surface area contributed by atoms with E-state index in [2.05, 4.69) is 16.5 Å². The highest BCUT2D eigenvalue weighted by atomic mass is 19.1. The number of benzene rings is 3. The molecule has 4 nitrogen and oxygen atoms in total. The fraction of sp³-hybridized carbons (Fsp3) is 0.143. The SMILES string of the molecule is C[C@@H](NC(=O)CO/N=C\c1cccc(F)c1)c1ccc2ccccc2c1. The monoisotopic (exact) mass is 350 g/mol. The molecule has 1 amide bonds. The van der Waals surface area contributed by atoms with Crippen molar-refractivity contribution in [3.05, 3.63) is 83.7 Å². The van der Waals surface area contributed by atoms with Gasteiger partial charge in [0.05, 0.1) is 12.3 Å². The molecule has 5 heteroatoms. The third kappa shape index (κ3) is 4.66. The van der Waals surface area contributed by atoms with Gasteiger partial charge in [0.1, 0.15) is 5.82 Å². The second-order valence-corrected chi connectivity index (χ2v) is 5.96. The lowest BCUT2D eigenvalue weighted by atomic mass is 10.0. The van der Waals surface area contributed by atoms with Gasteiger partial charge in [-0.3, -0.25) is 4.79 Å². The van der Waals surface area contributed by atoms with Crippen LogP contribution in [0.25, 0.3) is 10.8 Å². The Morgan fingerprint density at radius 1 is 1.12 bits per heavy atom.